The first-order valence-corrected chi connectivity index (χ1v) is 4.33. The van der Waals surface area contributed by atoms with E-state index in [1.165, 1.54) is 0 Å². The summed E-state index contributed by atoms with van der Waals surface area (Å²) in [6, 6.07) is 3.27. The second-order valence-electron chi connectivity index (χ2n) is 2.43. The van der Waals surface area contributed by atoms with E-state index in [4.69, 9.17) is 5.73 Å². The van der Waals surface area contributed by atoms with Crippen LogP contribution < -0.4 is 11.1 Å². The van der Waals surface area contributed by atoms with Gasteiger partial charge in [0.1, 0.15) is 11.9 Å². The number of urea groups is 1. The number of amidine groups is 1. The van der Waals surface area contributed by atoms with E-state index in [2.05, 4.69) is 10.3 Å². The summed E-state index contributed by atoms with van der Waals surface area (Å²) in [7, 11) is 0. The van der Waals surface area contributed by atoms with Crippen LogP contribution in [-0.2, 0) is 0 Å². The molecule has 1 atom stereocenters. The maximum absolute atomic E-state index is 10.8. The first-order valence-electron chi connectivity index (χ1n) is 3.45. The number of hydrogen-bond acceptors (Lipinski definition) is 3. The molecule has 1 aromatic rings. The fraction of sp³-hybridized carbons (Fsp3) is 0.143. The normalized spacial score (nSPS) is 22.2. The molecule has 1 aliphatic heterocycles. The first kappa shape index (κ1) is 7.30. The lowest BCUT2D eigenvalue weighted by atomic mass is 10.2. The van der Waals surface area contributed by atoms with Crippen LogP contribution in [0.3, 0.4) is 0 Å². The molecule has 3 N–H and O–H groups in total. The molecule has 0 radical (unpaired) electrons. The van der Waals surface area contributed by atoms with E-state index < -0.39 is 0 Å². The van der Waals surface area contributed by atoms with Crippen LogP contribution in [0.25, 0.3) is 0 Å². The van der Waals surface area contributed by atoms with Gasteiger partial charge >= 0.3 is 6.03 Å². The van der Waals surface area contributed by atoms with Crippen LogP contribution >= 0.6 is 11.3 Å². The average Bonchev–Trinajstić information content (AvgIpc) is 2.58. The van der Waals surface area contributed by atoms with Crippen LogP contribution in [-0.4, -0.2) is 11.9 Å². The lowest BCUT2D eigenvalue weighted by molar-refractivity contribution is 0.250. The van der Waals surface area contributed by atoms with Gasteiger partial charge < -0.3 is 11.1 Å². The van der Waals surface area contributed by atoms with Crippen molar-refractivity contribution in [2.75, 3.05) is 0 Å². The zero-order valence-electron chi connectivity index (χ0n) is 6.15. The highest BCUT2D eigenvalue weighted by Crippen LogP contribution is 2.21. The molecule has 0 saturated carbocycles. The van der Waals surface area contributed by atoms with Crippen LogP contribution in [0.2, 0.25) is 0 Å². The molecule has 12 heavy (non-hydrogen) atoms. The van der Waals surface area contributed by atoms with E-state index in [1.807, 2.05) is 17.5 Å². The molecule has 1 aliphatic rings. The van der Waals surface area contributed by atoms with Gasteiger partial charge in [-0.05, 0) is 11.4 Å². The van der Waals surface area contributed by atoms with Crippen molar-refractivity contribution < 1.29 is 4.79 Å². The Balaban J connectivity index is 2.29. The Labute approximate surface area is 73.1 Å². The molecular weight excluding hydrogens is 174 g/mol. The van der Waals surface area contributed by atoms with Gasteiger partial charge in [-0.25, -0.2) is 4.79 Å². The summed E-state index contributed by atoms with van der Waals surface area (Å²) in [5.41, 5.74) is 5.53. The van der Waals surface area contributed by atoms with Crippen molar-refractivity contribution in [1.82, 2.24) is 5.32 Å². The summed E-state index contributed by atoms with van der Waals surface area (Å²) < 4.78 is 0. The van der Waals surface area contributed by atoms with Gasteiger partial charge in [0.25, 0.3) is 0 Å². The third-order valence-corrected chi connectivity index (χ3v) is 2.56. The Bertz CT molecular complexity index is 330. The number of hydrogen-bond donors (Lipinski definition) is 2. The third kappa shape index (κ3) is 1.08. The van der Waals surface area contributed by atoms with Crippen LogP contribution in [0.4, 0.5) is 4.79 Å². The minimum absolute atomic E-state index is 0.211. The van der Waals surface area contributed by atoms with Crippen molar-refractivity contribution in [3.05, 3.63) is 22.4 Å². The second kappa shape index (κ2) is 2.60. The zero-order valence-corrected chi connectivity index (χ0v) is 6.97. The fourth-order valence-electron chi connectivity index (χ4n) is 1.08. The fourth-order valence-corrected chi connectivity index (χ4v) is 1.87. The number of nitrogens with one attached hydrogen (secondary N) is 1. The molecule has 0 aliphatic carbocycles. The number of carbonyl (C=O) groups excluding carboxylic acids is 1. The van der Waals surface area contributed by atoms with E-state index >= 15 is 0 Å². The van der Waals surface area contributed by atoms with Gasteiger partial charge in [0.15, 0.2) is 0 Å². The molecule has 0 saturated heterocycles. The number of thiophene rings is 1. The van der Waals surface area contributed by atoms with Crippen LogP contribution in [0.5, 0.6) is 0 Å². The Hall–Kier alpha value is -1.36. The van der Waals surface area contributed by atoms with E-state index in [9.17, 15) is 4.79 Å². The number of rotatable bonds is 1. The molecule has 0 fully saturated rings. The van der Waals surface area contributed by atoms with E-state index in [0.29, 0.717) is 5.84 Å². The lowest BCUT2D eigenvalue weighted by Gasteiger charge is -2.06. The monoisotopic (exact) mass is 181 g/mol. The molecule has 5 heteroatoms. The molecule has 0 bridgehead atoms. The molecule has 2 amide bonds. The second-order valence-corrected chi connectivity index (χ2v) is 3.41. The number of carbonyl (C=O) groups is 1. The van der Waals surface area contributed by atoms with E-state index in [-0.39, 0.29) is 12.1 Å². The molecule has 0 aromatic carbocycles. The highest BCUT2D eigenvalue weighted by molar-refractivity contribution is 7.10. The molecule has 1 aromatic heterocycles. The molecular formula is C7H7N3OS. The summed E-state index contributed by atoms with van der Waals surface area (Å²) in [6.45, 7) is 0. The summed E-state index contributed by atoms with van der Waals surface area (Å²) >= 11 is 1.55. The number of aliphatic imine (C=N–C) groups is 1. The van der Waals surface area contributed by atoms with Crippen molar-refractivity contribution in [3.63, 3.8) is 0 Å². The van der Waals surface area contributed by atoms with Crippen LogP contribution in [0.15, 0.2) is 22.5 Å². The van der Waals surface area contributed by atoms with Crippen molar-refractivity contribution >= 4 is 23.2 Å². The predicted molar refractivity (Wildman–Crippen MR) is 47.2 cm³/mol. The number of amides is 2. The average molecular weight is 181 g/mol. The van der Waals surface area contributed by atoms with E-state index in [1.54, 1.807) is 11.3 Å². The summed E-state index contributed by atoms with van der Waals surface area (Å²) in [4.78, 5) is 15.4. The van der Waals surface area contributed by atoms with Gasteiger partial charge in [-0.2, -0.15) is 4.99 Å². The van der Waals surface area contributed by atoms with Crippen molar-refractivity contribution in [1.29, 1.82) is 0 Å². The molecule has 1 unspecified atom stereocenters. The first-order chi connectivity index (χ1) is 5.77. The summed E-state index contributed by atoms with van der Waals surface area (Å²) in [5, 5.41) is 4.59. The molecule has 62 valence electrons. The summed E-state index contributed by atoms with van der Waals surface area (Å²) in [6.07, 6.45) is 0. The highest BCUT2D eigenvalue weighted by atomic mass is 32.1. The minimum atomic E-state index is -0.356. The Kier molecular flexibility index (Phi) is 1.58. The van der Waals surface area contributed by atoms with Crippen molar-refractivity contribution in [2.24, 2.45) is 10.7 Å². The molecule has 4 nitrogen and oxygen atoms in total. The maximum Gasteiger partial charge on any atom is 0.343 e. The Morgan fingerprint density at radius 1 is 1.67 bits per heavy atom. The van der Waals surface area contributed by atoms with Gasteiger partial charge in [-0.3, -0.25) is 0 Å². The SMILES string of the molecule is NC1=NC(=O)NC1c1cccs1. The topological polar surface area (TPSA) is 67.5 Å². The van der Waals surface area contributed by atoms with E-state index in [0.717, 1.165) is 4.88 Å². The largest absolute Gasteiger partial charge is 0.385 e. The van der Waals surface area contributed by atoms with Crippen molar-refractivity contribution in [2.45, 2.75) is 6.04 Å². The van der Waals surface area contributed by atoms with Gasteiger partial charge in [0, 0.05) is 4.88 Å². The minimum Gasteiger partial charge on any atom is -0.385 e. The zero-order chi connectivity index (χ0) is 8.55. The maximum atomic E-state index is 10.8. The van der Waals surface area contributed by atoms with Gasteiger partial charge in [-0.15, -0.1) is 11.3 Å². The Morgan fingerprint density at radius 2 is 2.50 bits per heavy atom. The lowest BCUT2D eigenvalue weighted by Crippen LogP contribution is -2.26. The summed E-state index contributed by atoms with van der Waals surface area (Å²) in [5.74, 6) is 0.349. The highest BCUT2D eigenvalue weighted by Gasteiger charge is 2.25. The smallest absolute Gasteiger partial charge is 0.343 e. The molecule has 2 rings (SSSR count). The van der Waals surface area contributed by atoms with Gasteiger partial charge in [-0.1, -0.05) is 6.07 Å². The quantitative estimate of drug-likeness (QED) is 0.675. The van der Waals surface area contributed by atoms with Crippen LogP contribution in [0.1, 0.15) is 10.9 Å². The number of nitrogens with zero attached hydrogens (tertiary/aromatic N) is 1. The van der Waals surface area contributed by atoms with Gasteiger partial charge in [0.05, 0.1) is 0 Å². The molecule has 0 spiro atoms. The standard InChI is InChI=1S/C7H7N3OS/c8-6-5(9-7(11)10-6)4-2-1-3-12-4/h1-3,5H,(H3,8,9,10,11). The predicted octanol–water partition coefficient (Wildman–Crippen LogP) is 0.870. The van der Waals surface area contributed by atoms with Crippen molar-refractivity contribution in [3.8, 4) is 0 Å². The van der Waals surface area contributed by atoms with Crippen LogP contribution in [0, 0.1) is 0 Å². The molecule has 2 heterocycles. The Morgan fingerprint density at radius 3 is 3.00 bits per heavy atom. The number of nitrogens with two attached hydrogens (primary N) is 1. The third-order valence-electron chi connectivity index (χ3n) is 1.62. The van der Waals surface area contributed by atoms with Gasteiger partial charge in [0.2, 0.25) is 0 Å².